The van der Waals surface area contributed by atoms with E-state index in [4.69, 9.17) is 4.74 Å². The van der Waals surface area contributed by atoms with Gasteiger partial charge in [0.25, 0.3) is 0 Å². The molecule has 1 N–H and O–H groups in total. The van der Waals surface area contributed by atoms with E-state index in [1.165, 1.54) is 0 Å². The lowest BCUT2D eigenvalue weighted by atomic mass is 9.86. The largest absolute Gasteiger partial charge is 0.444 e. The molecule has 2 aromatic rings. The van der Waals surface area contributed by atoms with Crippen LogP contribution in [-0.4, -0.2) is 26.5 Å². The van der Waals surface area contributed by atoms with Crippen LogP contribution in [0.1, 0.15) is 60.3 Å². The molecule has 34 heavy (non-hydrogen) atoms. The highest BCUT2D eigenvalue weighted by Crippen LogP contribution is 2.34. The van der Waals surface area contributed by atoms with E-state index in [-0.39, 0.29) is 17.9 Å². The number of aromatic nitrogens is 3. The van der Waals surface area contributed by atoms with E-state index in [0.29, 0.717) is 5.82 Å². The van der Waals surface area contributed by atoms with Crippen LogP contribution >= 0.6 is 0 Å². The minimum absolute atomic E-state index is 0.0191. The molecular formula is C26H34F2N4O2. The number of nitrogens with zero attached hydrogens (tertiary/aromatic N) is 3. The number of rotatable bonds is 7. The Labute approximate surface area is 200 Å². The van der Waals surface area contributed by atoms with Crippen LogP contribution in [0.15, 0.2) is 54.7 Å². The maximum absolute atomic E-state index is 14.5. The molecule has 0 radical (unpaired) electrons. The molecule has 0 aliphatic rings. The van der Waals surface area contributed by atoms with Gasteiger partial charge in [0.2, 0.25) is 0 Å². The Hall–Kier alpha value is -3.29. The van der Waals surface area contributed by atoms with Crippen molar-refractivity contribution in [1.82, 2.24) is 20.1 Å². The zero-order chi connectivity index (χ0) is 25.7. The second-order valence-electron chi connectivity index (χ2n) is 10.00. The molecule has 0 aliphatic carbocycles. The number of hydrogen-bond donors (Lipinski definition) is 1. The Morgan fingerprint density at radius 1 is 1.24 bits per heavy atom. The third-order valence-corrected chi connectivity index (χ3v) is 4.70. The maximum Gasteiger partial charge on any atom is 0.408 e. The van der Waals surface area contributed by atoms with Crippen LogP contribution in [0.2, 0.25) is 0 Å². The Morgan fingerprint density at radius 3 is 2.47 bits per heavy atom. The van der Waals surface area contributed by atoms with E-state index in [9.17, 15) is 13.6 Å². The van der Waals surface area contributed by atoms with Crippen LogP contribution in [0.5, 0.6) is 0 Å². The van der Waals surface area contributed by atoms with Gasteiger partial charge in [-0.25, -0.2) is 23.2 Å². The van der Waals surface area contributed by atoms with E-state index >= 15 is 0 Å². The van der Waals surface area contributed by atoms with Crippen molar-refractivity contribution in [2.75, 3.05) is 0 Å². The average Bonchev–Trinajstić information content (AvgIpc) is 3.09. The predicted molar refractivity (Wildman–Crippen MR) is 130 cm³/mol. The molecule has 0 saturated heterocycles. The minimum Gasteiger partial charge on any atom is -0.444 e. The number of carbonyl (C=O) groups is 1. The van der Waals surface area contributed by atoms with E-state index in [1.807, 2.05) is 45.9 Å². The van der Waals surface area contributed by atoms with Crippen LogP contribution in [0.3, 0.4) is 0 Å². The van der Waals surface area contributed by atoms with Gasteiger partial charge in [-0.05, 0) is 56.9 Å². The number of allylic oxidation sites excluding steroid dienone is 5. The molecule has 0 bridgehead atoms. The molecule has 0 saturated carbocycles. The smallest absolute Gasteiger partial charge is 0.408 e. The number of benzene rings is 1. The van der Waals surface area contributed by atoms with Gasteiger partial charge < -0.3 is 10.1 Å². The first-order valence-electron chi connectivity index (χ1n) is 11.1. The third-order valence-electron chi connectivity index (χ3n) is 4.70. The van der Waals surface area contributed by atoms with Crippen molar-refractivity contribution in [1.29, 1.82) is 0 Å². The summed E-state index contributed by atoms with van der Waals surface area (Å²) in [4.78, 5) is 17.2. The Kier molecular flexibility index (Phi) is 8.53. The summed E-state index contributed by atoms with van der Waals surface area (Å²) in [5, 5.41) is 7.39. The maximum atomic E-state index is 14.5. The van der Waals surface area contributed by atoms with Crippen LogP contribution in [-0.2, 0) is 11.3 Å². The molecule has 1 atom stereocenters. The van der Waals surface area contributed by atoms with Crippen LogP contribution < -0.4 is 5.32 Å². The summed E-state index contributed by atoms with van der Waals surface area (Å²) in [6.45, 7) is 17.0. The molecule has 184 valence electrons. The normalized spacial score (nSPS) is 13.7. The summed E-state index contributed by atoms with van der Waals surface area (Å²) in [5.74, 6) is -0.843. The fraction of sp³-hybridized carbons (Fsp3) is 0.423. The van der Waals surface area contributed by atoms with E-state index in [0.717, 1.165) is 23.8 Å². The van der Waals surface area contributed by atoms with Crippen molar-refractivity contribution in [3.63, 3.8) is 0 Å². The van der Waals surface area contributed by atoms with E-state index in [1.54, 1.807) is 31.5 Å². The molecule has 1 heterocycles. The number of nitrogens with one attached hydrogen (secondary N) is 1. The van der Waals surface area contributed by atoms with Gasteiger partial charge in [0.1, 0.15) is 17.2 Å². The summed E-state index contributed by atoms with van der Waals surface area (Å²) in [6, 6.07) is 2.48. The second kappa shape index (κ2) is 10.8. The van der Waals surface area contributed by atoms with Crippen LogP contribution in [0.25, 0.3) is 11.4 Å². The quantitative estimate of drug-likeness (QED) is 0.466. The van der Waals surface area contributed by atoms with E-state index in [2.05, 4.69) is 22.0 Å². The van der Waals surface area contributed by atoms with Gasteiger partial charge in [0.05, 0.1) is 18.2 Å². The van der Waals surface area contributed by atoms with Crippen LogP contribution in [0, 0.1) is 17.0 Å². The topological polar surface area (TPSA) is 69.0 Å². The lowest BCUT2D eigenvalue weighted by Crippen LogP contribution is -2.41. The third kappa shape index (κ3) is 7.37. The predicted octanol–water partition coefficient (Wildman–Crippen LogP) is 6.52. The van der Waals surface area contributed by atoms with Crippen molar-refractivity contribution < 1.29 is 18.3 Å². The summed E-state index contributed by atoms with van der Waals surface area (Å²) in [7, 11) is 0. The number of amides is 1. The molecule has 8 heteroatoms. The molecule has 1 aromatic carbocycles. The molecule has 0 spiro atoms. The van der Waals surface area contributed by atoms with Gasteiger partial charge in [-0.15, -0.1) is 0 Å². The molecule has 1 aromatic heterocycles. The van der Waals surface area contributed by atoms with Crippen molar-refractivity contribution in [2.24, 2.45) is 5.41 Å². The highest BCUT2D eigenvalue weighted by Gasteiger charge is 2.34. The Morgan fingerprint density at radius 2 is 1.91 bits per heavy atom. The fourth-order valence-corrected chi connectivity index (χ4v) is 3.26. The van der Waals surface area contributed by atoms with Gasteiger partial charge >= 0.3 is 6.09 Å². The standard InChI is InChI=1S/C26H34F2N4O2/c1-9-11-17(12-10-2)16-32-23(21(25(3,4)5)29-24(33)34-26(6,7)8)30-22(31-32)19-15-18(27)13-14-20(19)28/h9-15,21H,1,16H2,2-8H3,(H,29,33)/b12-10-,17-11+. The summed E-state index contributed by atoms with van der Waals surface area (Å²) >= 11 is 0. The van der Waals surface area contributed by atoms with E-state index < -0.39 is 34.8 Å². The number of hydrogen-bond acceptors (Lipinski definition) is 4. The highest BCUT2D eigenvalue weighted by molar-refractivity contribution is 5.68. The lowest BCUT2D eigenvalue weighted by Gasteiger charge is -2.32. The van der Waals surface area contributed by atoms with Gasteiger partial charge in [0, 0.05) is 0 Å². The molecular weight excluding hydrogens is 438 g/mol. The monoisotopic (exact) mass is 472 g/mol. The fourth-order valence-electron chi connectivity index (χ4n) is 3.26. The van der Waals surface area contributed by atoms with Gasteiger partial charge in [-0.3, -0.25) is 0 Å². The molecule has 2 rings (SSSR count). The molecule has 0 aliphatic heterocycles. The lowest BCUT2D eigenvalue weighted by molar-refractivity contribution is 0.0455. The second-order valence-corrected chi connectivity index (χ2v) is 10.00. The number of ether oxygens (including phenoxy) is 1. The number of alkyl carbamates (subject to hydrolysis) is 1. The van der Waals surface area contributed by atoms with Gasteiger partial charge in [0.15, 0.2) is 11.6 Å². The molecule has 0 fully saturated rings. The SMILES string of the molecule is C=C/C=C(\C=C/C)Cn1nc(-c2cc(F)ccc2F)nc1C(NC(=O)OC(C)(C)C)C(C)(C)C. The summed E-state index contributed by atoms with van der Waals surface area (Å²) < 4.78 is 35.5. The van der Waals surface area contributed by atoms with Crippen molar-refractivity contribution in [2.45, 2.75) is 66.7 Å². The first-order valence-corrected chi connectivity index (χ1v) is 11.1. The van der Waals surface area contributed by atoms with Gasteiger partial charge in [-0.1, -0.05) is 51.7 Å². The zero-order valence-electron chi connectivity index (χ0n) is 20.9. The molecule has 1 unspecified atom stereocenters. The van der Waals surface area contributed by atoms with Crippen LogP contribution in [0.4, 0.5) is 13.6 Å². The minimum atomic E-state index is -0.693. The van der Waals surface area contributed by atoms with Crippen molar-refractivity contribution >= 4 is 6.09 Å². The highest BCUT2D eigenvalue weighted by atomic mass is 19.1. The number of carbonyl (C=O) groups excluding carboxylic acids is 1. The van der Waals surface area contributed by atoms with Crippen molar-refractivity contribution in [3.05, 3.63) is 72.1 Å². The molecule has 1 amide bonds. The average molecular weight is 473 g/mol. The zero-order valence-corrected chi connectivity index (χ0v) is 20.9. The van der Waals surface area contributed by atoms with Crippen molar-refractivity contribution in [3.8, 4) is 11.4 Å². The first-order chi connectivity index (χ1) is 15.7. The summed E-state index contributed by atoms with van der Waals surface area (Å²) in [6.07, 6.45) is 6.62. The Bertz CT molecular complexity index is 1090. The van der Waals surface area contributed by atoms with Gasteiger partial charge in [-0.2, -0.15) is 5.10 Å². The first kappa shape index (κ1) is 27.0. The molecule has 6 nitrogen and oxygen atoms in total. The Balaban J connectivity index is 2.66. The number of halogens is 2. The summed E-state index contributed by atoms with van der Waals surface area (Å²) in [5.41, 5.74) is -0.408.